The first-order valence-corrected chi connectivity index (χ1v) is 15.6. The maximum Gasteiger partial charge on any atom is 0.223 e. The highest BCUT2D eigenvalue weighted by atomic mass is 32.2. The molecule has 3 saturated heterocycles. The van der Waals surface area contributed by atoms with E-state index in [4.69, 9.17) is 0 Å². The Morgan fingerprint density at radius 2 is 1.65 bits per heavy atom. The Morgan fingerprint density at radius 3 is 2.27 bits per heavy atom. The first-order valence-electron chi connectivity index (χ1n) is 13.7. The summed E-state index contributed by atoms with van der Waals surface area (Å²) < 4.78 is 23.5. The van der Waals surface area contributed by atoms with Gasteiger partial charge in [0.15, 0.2) is 9.84 Å². The van der Waals surface area contributed by atoms with Gasteiger partial charge in [-0.1, -0.05) is 42.5 Å². The molecule has 2 unspecified atom stereocenters. The lowest BCUT2D eigenvalue weighted by Gasteiger charge is -2.40. The van der Waals surface area contributed by atoms with Gasteiger partial charge in [-0.05, 0) is 74.4 Å². The first-order chi connectivity index (χ1) is 17.6. The van der Waals surface area contributed by atoms with Crippen LogP contribution in [0.2, 0.25) is 0 Å². The molecule has 1 amide bonds. The molecule has 200 valence electrons. The summed E-state index contributed by atoms with van der Waals surface area (Å²) in [6, 6.07) is 18.5. The molecule has 7 heteroatoms. The molecule has 37 heavy (non-hydrogen) atoms. The van der Waals surface area contributed by atoms with Crippen LogP contribution in [0.1, 0.15) is 50.2 Å². The summed E-state index contributed by atoms with van der Waals surface area (Å²) in [4.78, 5) is 20.5. The molecular formula is C30H41N3O3S. The van der Waals surface area contributed by atoms with Crippen molar-refractivity contribution in [2.45, 2.75) is 56.5 Å². The van der Waals surface area contributed by atoms with Gasteiger partial charge >= 0.3 is 0 Å². The van der Waals surface area contributed by atoms with E-state index in [1.54, 1.807) is 12.1 Å². The van der Waals surface area contributed by atoms with Crippen LogP contribution in [0.3, 0.4) is 0 Å². The van der Waals surface area contributed by atoms with E-state index in [-0.39, 0.29) is 11.3 Å². The second-order valence-electron chi connectivity index (χ2n) is 12.0. The van der Waals surface area contributed by atoms with Gasteiger partial charge in [-0.2, -0.15) is 0 Å². The van der Waals surface area contributed by atoms with E-state index >= 15 is 0 Å². The fourth-order valence-electron chi connectivity index (χ4n) is 6.65. The number of rotatable bonds is 7. The van der Waals surface area contributed by atoms with Gasteiger partial charge in [0.1, 0.15) is 0 Å². The third-order valence-electron chi connectivity index (χ3n) is 8.97. The monoisotopic (exact) mass is 523 g/mol. The Hall–Kier alpha value is -2.22. The lowest BCUT2D eigenvalue weighted by atomic mass is 9.77. The summed E-state index contributed by atoms with van der Waals surface area (Å²) in [6.07, 6.45) is 3.99. The number of likely N-dealkylation sites (tertiary alicyclic amines) is 3. The largest absolute Gasteiger partial charge is 0.338 e. The predicted molar refractivity (Wildman–Crippen MR) is 147 cm³/mol. The van der Waals surface area contributed by atoms with Crippen molar-refractivity contribution in [2.24, 2.45) is 11.3 Å². The van der Waals surface area contributed by atoms with Gasteiger partial charge in [-0.15, -0.1) is 0 Å². The third kappa shape index (κ3) is 5.94. The highest BCUT2D eigenvalue weighted by Gasteiger charge is 2.45. The minimum Gasteiger partial charge on any atom is -0.338 e. The minimum absolute atomic E-state index is 0.0821. The molecule has 0 aromatic heterocycles. The Balaban J connectivity index is 1.18. The van der Waals surface area contributed by atoms with Gasteiger partial charge in [-0.25, -0.2) is 8.42 Å². The molecule has 3 aliphatic rings. The number of benzene rings is 2. The number of carbonyl (C=O) groups is 1. The van der Waals surface area contributed by atoms with E-state index in [2.05, 4.69) is 54.0 Å². The zero-order valence-electron chi connectivity index (χ0n) is 22.5. The van der Waals surface area contributed by atoms with Crippen LogP contribution in [0.5, 0.6) is 0 Å². The maximum atomic E-state index is 12.9. The Morgan fingerprint density at radius 1 is 0.973 bits per heavy atom. The molecule has 0 saturated carbocycles. The van der Waals surface area contributed by atoms with Gasteiger partial charge in [0.05, 0.1) is 4.90 Å². The molecule has 0 bridgehead atoms. The number of hydrogen-bond donors (Lipinski definition) is 0. The van der Waals surface area contributed by atoms with Crippen molar-refractivity contribution in [1.29, 1.82) is 0 Å². The Bertz CT molecular complexity index is 1190. The van der Waals surface area contributed by atoms with Crippen molar-refractivity contribution in [3.63, 3.8) is 0 Å². The van der Waals surface area contributed by atoms with E-state index in [1.807, 2.05) is 17.0 Å². The van der Waals surface area contributed by atoms with Gasteiger partial charge in [0, 0.05) is 57.4 Å². The zero-order valence-corrected chi connectivity index (χ0v) is 23.3. The zero-order chi connectivity index (χ0) is 26.2. The average Bonchev–Trinajstić information content (AvgIpc) is 3.42. The van der Waals surface area contributed by atoms with Gasteiger partial charge in [0.2, 0.25) is 5.91 Å². The molecule has 6 nitrogen and oxygen atoms in total. The molecule has 0 N–H and O–H groups in total. The molecule has 1 spiro atoms. The third-order valence-corrected chi connectivity index (χ3v) is 10.1. The Kier molecular flexibility index (Phi) is 7.49. The second-order valence-corrected chi connectivity index (χ2v) is 14.0. The number of hydrogen-bond acceptors (Lipinski definition) is 5. The van der Waals surface area contributed by atoms with Gasteiger partial charge in [-0.3, -0.25) is 9.69 Å². The van der Waals surface area contributed by atoms with Crippen LogP contribution in [0, 0.1) is 11.3 Å². The summed E-state index contributed by atoms with van der Waals surface area (Å²) in [6.45, 7) is 11.5. The summed E-state index contributed by atoms with van der Waals surface area (Å²) in [7, 11) is -3.21. The number of sulfone groups is 1. The summed E-state index contributed by atoms with van der Waals surface area (Å²) in [5.41, 5.74) is 2.53. The highest BCUT2D eigenvalue weighted by molar-refractivity contribution is 7.90. The van der Waals surface area contributed by atoms with E-state index in [1.165, 1.54) is 11.8 Å². The average molecular weight is 524 g/mol. The number of nitrogens with zero attached hydrogens (tertiary/aromatic N) is 3. The molecule has 3 aliphatic heterocycles. The Labute approximate surface area is 222 Å². The number of carbonyl (C=O) groups excluding carboxylic acids is 1. The van der Waals surface area contributed by atoms with E-state index < -0.39 is 9.84 Å². The van der Waals surface area contributed by atoms with Gasteiger partial charge < -0.3 is 9.80 Å². The predicted octanol–water partition coefficient (Wildman–Crippen LogP) is 4.03. The van der Waals surface area contributed by atoms with E-state index in [9.17, 15) is 13.2 Å². The first kappa shape index (κ1) is 26.4. The molecular weight excluding hydrogens is 482 g/mol. The summed E-state index contributed by atoms with van der Waals surface area (Å²) in [5.74, 6) is 1.45. The highest BCUT2D eigenvalue weighted by Crippen LogP contribution is 2.42. The van der Waals surface area contributed by atoms with Crippen molar-refractivity contribution >= 4 is 15.7 Å². The molecule has 2 atom stereocenters. The van der Waals surface area contributed by atoms with Crippen molar-refractivity contribution < 1.29 is 13.2 Å². The lowest BCUT2D eigenvalue weighted by molar-refractivity contribution is -0.128. The van der Waals surface area contributed by atoms with Crippen LogP contribution in [0.4, 0.5) is 0 Å². The van der Waals surface area contributed by atoms with Crippen LogP contribution in [-0.4, -0.2) is 80.6 Å². The second kappa shape index (κ2) is 10.5. The topological polar surface area (TPSA) is 60.9 Å². The molecule has 3 heterocycles. The fourth-order valence-corrected chi connectivity index (χ4v) is 7.28. The van der Waals surface area contributed by atoms with Crippen molar-refractivity contribution in [3.8, 4) is 0 Å². The lowest BCUT2D eigenvalue weighted by Crippen LogP contribution is -2.44. The van der Waals surface area contributed by atoms with Crippen LogP contribution in [-0.2, 0) is 21.2 Å². The van der Waals surface area contributed by atoms with E-state index in [0.717, 1.165) is 57.7 Å². The van der Waals surface area contributed by atoms with Crippen molar-refractivity contribution in [1.82, 2.24) is 14.7 Å². The maximum absolute atomic E-state index is 12.9. The number of amides is 1. The molecule has 2 aromatic rings. The summed E-state index contributed by atoms with van der Waals surface area (Å²) in [5, 5.41) is 0. The molecule has 2 aromatic carbocycles. The van der Waals surface area contributed by atoms with Gasteiger partial charge in [0.25, 0.3) is 0 Å². The SMILES string of the molecule is CC(C)N1CC(CN2CCC3(CC2)CC(=O)N(Cc2ccc(S(C)(=O)=O)cc2)C3)C(c2ccccc2)C1. The van der Waals surface area contributed by atoms with Crippen LogP contribution in [0.25, 0.3) is 0 Å². The molecule has 0 radical (unpaired) electrons. The molecule has 5 rings (SSSR count). The molecule has 3 fully saturated rings. The van der Waals surface area contributed by atoms with Crippen molar-refractivity contribution in [2.75, 3.05) is 45.5 Å². The van der Waals surface area contributed by atoms with Crippen LogP contribution >= 0.6 is 0 Å². The summed E-state index contributed by atoms with van der Waals surface area (Å²) >= 11 is 0. The van der Waals surface area contributed by atoms with E-state index in [0.29, 0.717) is 35.7 Å². The fraction of sp³-hybridized carbons (Fsp3) is 0.567. The van der Waals surface area contributed by atoms with Crippen LogP contribution < -0.4 is 0 Å². The normalized spacial score (nSPS) is 25.0. The quantitative estimate of drug-likeness (QED) is 0.549. The number of piperidine rings is 1. The standard InChI is InChI=1S/C30H41N3O3S/c1-23(2)32-20-26(28(21-32)25-7-5-4-6-8-25)19-31-15-13-30(14-16-31)17-29(34)33(22-30)18-24-9-11-27(12-10-24)37(3,35)36/h4-12,23,26,28H,13-22H2,1-3H3. The smallest absolute Gasteiger partial charge is 0.223 e. The minimum atomic E-state index is -3.21. The van der Waals surface area contributed by atoms with Crippen molar-refractivity contribution in [3.05, 3.63) is 65.7 Å². The van der Waals surface area contributed by atoms with Crippen LogP contribution in [0.15, 0.2) is 59.5 Å². The molecule has 0 aliphatic carbocycles.